The van der Waals surface area contributed by atoms with Crippen LogP contribution in [0.4, 0.5) is 0 Å². The minimum Gasteiger partial charge on any atom is -0.497 e. The number of methoxy groups -OCH3 is 1. The van der Waals surface area contributed by atoms with Gasteiger partial charge in [0.2, 0.25) is 0 Å². The summed E-state index contributed by atoms with van der Waals surface area (Å²) in [5, 5.41) is 16.1. The highest BCUT2D eigenvalue weighted by atomic mass is 16.5. The lowest BCUT2D eigenvalue weighted by Crippen LogP contribution is -2.45. The number of carboxylic acids is 2. The predicted octanol–water partition coefficient (Wildman–Crippen LogP) is 2.65. The molecule has 4 rings (SSSR count). The van der Waals surface area contributed by atoms with Crippen LogP contribution in [0.1, 0.15) is 11.1 Å². The first-order chi connectivity index (χ1) is 15.0. The molecule has 3 aromatic rings. The van der Waals surface area contributed by atoms with Gasteiger partial charge in [0.25, 0.3) is 0 Å². The van der Waals surface area contributed by atoms with Crippen molar-refractivity contribution in [2.24, 2.45) is 0 Å². The zero-order valence-corrected chi connectivity index (χ0v) is 17.5. The number of nitrogens with one attached hydrogen (secondary N) is 1. The van der Waals surface area contributed by atoms with Gasteiger partial charge in [-0.15, -0.1) is 0 Å². The largest absolute Gasteiger partial charge is 0.497 e. The third kappa shape index (κ3) is 6.31. The van der Waals surface area contributed by atoms with Crippen molar-refractivity contribution < 1.29 is 24.5 Å². The Hall–Kier alpha value is -3.36. The quantitative estimate of drug-likeness (QED) is 0.540. The van der Waals surface area contributed by atoms with E-state index in [4.69, 9.17) is 24.5 Å². The predicted molar refractivity (Wildman–Crippen MR) is 117 cm³/mol. The Kier molecular flexibility index (Phi) is 7.64. The average molecular weight is 425 g/mol. The third-order valence-electron chi connectivity index (χ3n) is 5.26. The summed E-state index contributed by atoms with van der Waals surface area (Å²) in [6.07, 6.45) is 2.16. The third-order valence-corrected chi connectivity index (χ3v) is 5.26. The number of benzene rings is 2. The Balaban J connectivity index is 0.000000401. The molecule has 8 nitrogen and oxygen atoms in total. The van der Waals surface area contributed by atoms with Gasteiger partial charge in [0.05, 0.1) is 7.11 Å². The van der Waals surface area contributed by atoms with Crippen LogP contribution in [-0.4, -0.2) is 70.2 Å². The first-order valence-corrected chi connectivity index (χ1v) is 10.0. The van der Waals surface area contributed by atoms with Gasteiger partial charge in [-0.25, -0.2) is 9.59 Å². The van der Waals surface area contributed by atoms with E-state index in [0.717, 1.165) is 45.0 Å². The molecule has 0 bridgehead atoms. The van der Waals surface area contributed by atoms with Crippen LogP contribution in [0.5, 0.6) is 5.75 Å². The molecule has 2 heterocycles. The Morgan fingerprint density at radius 2 is 1.58 bits per heavy atom. The fourth-order valence-electron chi connectivity index (χ4n) is 3.64. The van der Waals surface area contributed by atoms with E-state index in [-0.39, 0.29) is 0 Å². The van der Waals surface area contributed by atoms with Crippen LogP contribution in [0.25, 0.3) is 10.9 Å². The van der Waals surface area contributed by atoms with Gasteiger partial charge in [0, 0.05) is 56.4 Å². The van der Waals surface area contributed by atoms with Crippen molar-refractivity contribution in [3.8, 4) is 5.75 Å². The second kappa shape index (κ2) is 10.6. The summed E-state index contributed by atoms with van der Waals surface area (Å²) in [6.45, 7) is 6.47. The maximum atomic E-state index is 9.10. The lowest BCUT2D eigenvalue weighted by Gasteiger charge is -2.34. The van der Waals surface area contributed by atoms with Gasteiger partial charge in [-0.05, 0) is 29.3 Å². The monoisotopic (exact) mass is 425 g/mol. The van der Waals surface area contributed by atoms with Crippen LogP contribution in [0, 0.1) is 0 Å². The standard InChI is InChI=1S/C21H25N3O.C2H2O4/c1-25-19-6-4-5-17(13-19)15-23-9-11-24(12-10-23)16-18-14-22-21-8-3-2-7-20(18)21;3-1(4)2(5)6/h2-8,13-14,22H,9-12,15-16H2,1H3;(H,3,4)(H,5,6). The van der Waals surface area contributed by atoms with E-state index in [0.29, 0.717) is 0 Å². The number of fused-ring (bicyclic) bond motifs is 1. The number of carbonyl (C=O) groups is 2. The van der Waals surface area contributed by atoms with Crippen molar-refractivity contribution >= 4 is 22.8 Å². The maximum absolute atomic E-state index is 9.10. The number of hydrogen-bond donors (Lipinski definition) is 3. The van der Waals surface area contributed by atoms with E-state index in [1.165, 1.54) is 22.0 Å². The minimum absolute atomic E-state index is 0.940. The topological polar surface area (TPSA) is 106 Å². The van der Waals surface area contributed by atoms with Gasteiger partial charge in [0.15, 0.2) is 0 Å². The van der Waals surface area contributed by atoms with Crippen molar-refractivity contribution in [1.82, 2.24) is 14.8 Å². The molecule has 3 N–H and O–H groups in total. The van der Waals surface area contributed by atoms with Gasteiger partial charge in [0.1, 0.15) is 5.75 Å². The molecule has 0 unspecified atom stereocenters. The molecule has 1 fully saturated rings. The average Bonchev–Trinajstić information content (AvgIpc) is 3.18. The molecule has 1 saturated heterocycles. The van der Waals surface area contributed by atoms with Gasteiger partial charge in [-0.2, -0.15) is 0 Å². The molecule has 0 radical (unpaired) electrons. The Morgan fingerprint density at radius 3 is 2.23 bits per heavy atom. The summed E-state index contributed by atoms with van der Waals surface area (Å²) in [5.74, 6) is -2.71. The summed E-state index contributed by atoms with van der Waals surface area (Å²) in [6, 6.07) is 16.9. The number of aromatic nitrogens is 1. The summed E-state index contributed by atoms with van der Waals surface area (Å²) < 4.78 is 5.33. The maximum Gasteiger partial charge on any atom is 0.414 e. The number of ether oxygens (including phenoxy) is 1. The molecule has 31 heavy (non-hydrogen) atoms. The highest BCUT2D eigenvalue weighted by molar-refractivity contribution is 6.27. The van der Waals surface area contributed by atoms with Gasteiger partial charge < -0.3 is 19.9 Å². The molecule has 1 aliphatic heterocycles. The first-order valence-electron chi connectivity index (χ1n) is 10.0. The number of H-pyrrole nitrogens is 1. The molecule has 8 heteroatoms. The van der Waals surface area contributed by atoms with Crippen molar-refractivity contribution in [3.63, 3.8) is 0 Å². The van der Waals surface area contributed by atoms with Crippen LogP contribution < -0.4 is 4.74 Å². The SMILES string of the molecule is COc1cccc(CN2CCN(Cc3c[nH]c4ccccc34)CC2)c1.O=C(O)C(=O)O. The zero-order valence-electron chi connectivity index (χ0n) is 17.5. The van der Waals surface area contributed by atoms with Crippen molar-refractivity contribution in [3.05, 3.63) is 65.9 Å². The van der Waals surface area contributed by atoms with Crippen LogP contribution in [-0.2, 0) is 22.7 Å². The second-order valence-corrected chi connectivity index (χ2v) is 7.37. The fourth-order valence-corrected chi connectivity index (χ4v) is 3.64. The highest BCUT2D eigenvalue weighted by Crippen LogP contribution is 2.20. The van der Waals surface area contributed by atoms with E-state index in [1.54, 1.807) is 7.11 Å². The number of aromatic amines is 1. The highest BCUT2D eigenvalue weighted by Gasteiger charge is 2.18. The lowest BCUT2D eigenvalue weighted by molar-refractivity contribution is -0.159. The van der Waals surface area contributed by atoms with Crippen molar-refractivity contribution in [2.75, 3.05) is 33.3 Å². The molecule has 0 atom stereocenters. The van der Waals surface area contributed by atoms with E-state index < -0.39 is 11.9 Å². The van der Waals surface area contributed by atoms with Gasteiger partial charge in [-0.3, -0.25) is 9.80 Å². The van der Waals surface area contributed by atoms with Crippen molar-refractivity contribution in [1.29, 1.82) is 0 Å². The van der Waals surface area contributed by atoms with E-state index in [2.05, 4.69) is 63.4 Å². The normalized spacial score (nSPS) is 14.6. The van der Waals surface area contributed by atoms with Crippen LogP contribution in [0.2, 0.25) is 0 Å². The van der Waals surface area contributed by atoms with E-state index in [9.17, 15) is 0 Å². The van der Waals surface area contributed by atoms with Crippen LogP contribution in [0.3, 0.4) is 0 Å². The number of rotatable bonds is 5. The van der Waals surface area contributed by atoms with E-state index in [1.807, 2.05) is 6.07 Å². The van der Waals surface area contributed by atoms with Crippen molar-refractivity contribution in [2.45, 2.75) is 13.1 Å². The Morgan fingerprint density at radius 1 is 0.935 bits per heavy atom. The molecular formula is C23H27N3O5. The summed E-state index contributed by atoms with van der Waals surface area (Å²) >= 11 is 0. The van der Waals surface area contributed by atoms with Crippen LogP contribution >= 0.6 is 0 Å². The summed E-state index contributed by atoms with van der Waals surface area (Å²) in [4.78, 5) is 26.7. The van der Waals surface area contributed by atoms with Gasteiger partial charge in [-0.1, -0.05) is 30.3 Å². The number of piperazine rings is 1. The number of carboxylic acid groups (broad SMARTS) is 2. The Labute approximate surface area is 180 Å². The Bertz CT molecular complexity index is 1010. The molecule has 1 aromatic heterocycles. The van der Waals surface area contributed by atoms with Crippen LogP contribution in [0.15, 0.2) is 54.7 Å². The molecule has 0 amide bonds. The number of hydrogen-bond acceptors (Lipinski definition) is 5. The molecule has 1 aliphatic rings. The molecule has 164 valence electrons. The lowest BCUT2D eigenvalue weighted by atomic mass is 10.1. The molecule has 0 saturated carbocycles. The molecule has 0 aliphatic carbocycles. The van der Waals surface area contributed by atoms with E-state index >= 15 is 0 Å². The first kappa shape index (κ1) is 22.3. The fraction of sp³-hybridized carbons (Fsp3) is 0.304. The van der Waals surface area contributed by atoms with Gasteiger partial charge >= 0.3 is 11.9 Å². The smallest absolute Gasteiger partial charge is 0.414 e. The number of nitrogens with zero attached hydrogens (tertiary/aromatic N) is 2. The number of para-hydroxylation sites is 1. The summed E-state index contributed by atoms with van der Waals surface area (Å²) in [5.41, 5.74) is 3.95. The second-order valence-electron chi connectivity index (χ2n) is 7.37. The summed E-state index contributed by atoms with van der Waals surface area (Å²) in [7, 11) is 1.72. The molecule has 0 spiro atoms. The molecule has 2 aromatic carbocycles. The molecular weight excluding hydrogens is 398 g/mol. The zero-order chi connectivity index (χ0) is 22.2. The minimum atomic E-state index is -1.82. The number of aliphatic carboxylic acids is 2.